The number of nitrogens with one attached hydrogen (secondary N) is 2. The molecule has 2 amide bonds. The van der Waals surface area contributed by atoms with Crippen molar-refractivity contribution in [3.8, 4) is 10.4 Å². The highest BCUT2D eigenvalue weighted by atomic mass is 35.5. The maximum atomic E-state index is 11.9. The molecule has 0 aliphatic rings. The van der Waals surface area contributed by atoms with Gasteiger partial charge in [-0.25, -0.2) is 18.2 Å². The lowest BCUT2D eigenvalue weighted by atomic mass is 10.2. The Labute approximate surface area is 172 Å². The van der Waals surface area contributed by atoms with Crippen LogP contribution in [0.5, 0.6) is 0 Å². The molecule has 1 heterocycles. The number of amides is 2. The quantitative estimate of drug-likeness (QED) is 0.632. The van der Waals surface area contributed by atoms with Crippen molar-refractivity contribution in [2.45, 2.75) is 25.2 Å². The number of ether oxygens (including phenoxy) is 1. The number of hydrogen-bond donors (Lipinski definition) is 2. The number of carbonyl (C=O) groups excluding carboxylic acids is 2. The second kappa shape index (κ2) is 9.35. The standard InChI is InChI=1S/C17H20ClN3O5S2/c1-4-26-14(22)7-8-19-16(23)21-17-20-10(2)15(27-17)11-5-6-12(18)13(9-11)28(3,24)25/h5-6,9H,4,7-8H2,1-3H3,(H2,19,20,21,23). The molecule has 152 valence electrons. The molecule has 2 rings (SSSR count). The summed E-state index contributed by atoms with van der Waals surface area (Å²) in [6.45, 7) is 3.89. The molecule has 0 saturated heterocycles. The Hall–Kier alpha value is -2.17. The number of aromatic nitrogens is 1. The first-order chi connectivity index (χ1) is 13.1. The number of halogens is 1. The molecule has 2 N–H and O–H groups in total. The minimum atomic E-state index is -3.48. The van der Waals surface area contributed by atoms with Gasteiger partial charge in [0.2, 0.25) is 0 Å². The van der Waals surface area contributed by atoms with Gasteiger partial charge in [-0.05, 0) is 31.5 Å². The van der Waals surface area contributed by atoms with Gasteiger partial charge in [0.15, 0.2) is 15.0 Å². The predicted molar refractivity (Wildman–Crippen MR) is 109 cm³/mol. The van der Waals surface area contributed by atoms with Crippen LogP contribution in [0.3, 0.4) is 0 Å². The lowest BCUT2D eigenvalue weighted by Crippen LogP contribution is -2.30. The summed E-state index contributed by atoms with van der Waals surface area (Å²) in [4.78, 5) is 28.2. The Kier molecular flexibility index (Phi) is 7.39. The molecule has 0 bridgehead atoms. The normalized spacial score (nSPS) is 11.1. The summed E-state index contributed by atoms with van der Waals surface area (Å²) >= 11 is 7.18. The zero-order chi connectivity index (χ0) is 20.9. The van der Waals surface area contributed by atoms with Crippen LogP contribution in [-0.4, -0.2) is 44.8 Å². The number of rotatable bonds is 7. The van der Waals surface area contributed by atoms with Gasteiger partial charge in [-0.1, -0.05) is 29.0 Å². The van der Waals surface area contributed by atoms with E-state index in [1.165, 1.54) is 23.5 Å². The first-order valence-electron chi connectivity index (χ1n) is 8.29. The fraction of sp³-hybridized carbons (Fsp3) is 0.353. The molecule has 0 radical (unpaired) electrons. The minimum absolute atomic E-state index is 0.0330. The predicted octanol–water partition coefficient (Wildman–Crippen LogP) is 3.25. The second-order valence-corrected chi connectivity index (χ2v) is 9.18. The summed E-state index contributed by atoms with van der Waals surface area (Å²) in [5.41, 5.74) is 1.27. The van der Waals surface area contributed by atoms with Gasteiger partial charge in [-0.15, -0.1) is 0 Å². The molecule has 2 aromatic rings. The van der Waals surface area contributed by atoms with Gasteiger partial charge in [0.25, 0.3) is 0 Å². The number of hydrogen-bond acceptors (Lipinski definition) is 7. The first kappa shape index (κ1) is 22.1. The van der Waals surface area contributed by atoms with Crippen molar-refractivity contribution in [2.24, 2.45) is 0 Å². The molecule has 28 heavy (non-hydrogen) atoms. The van der Waals surface area contributed by atoms with E-state index in [9.17, 15) is 18.0 Å². The Morgan fingerprint density at radius 3 is 2.68 bits per heavy atom. The Morgan fingerprint density at radius 1 is 1.32 bits per heavy atom. The van der Waals surface area contributed by atoms with Gasteiger partial charge in [-0.3, -0.25) is 10.1 Å². The number of urea groups is 1. The number of aryl methyl sites for hydroxylation is 1. The van der Waals surface area contributed by atoms with Crippen molar-refractivity contribution in [1.82, 2.24) is 10.3 Å². The second-order valence-electron chi connectivity index (χ2n) is 5.79. The molecule has 0 fully saturated rings. The summed E-state index contributed by atoms with van der Waals surface area (Å²) < 4.78 is 28.5. The third-order valence-corrected chi connectivity index (χ3v) is 6.23. The van der Waals surface area contributed by atoms with E-state index in [1.54, 1.807) is 19.9 Å². The zero-order valence-electron chi connectivity index (χ0n) is 15.5. The van der Waals surface area contributed by atoms with Crippen molar-refractivity contribution in [3.63, 3.8) is 0 Å². The van der Waals surface area contributed by atoms with Gasteiger partial charge in [0.05, 0.1) is 33.5 Å². The maximum Gasteiger partial charge on any atom is 0.321 e. The third-order valence-electron chi connectivity index (χ3n) is 3.53. The van der Waals surface area contributed by atoms with E-state index in [0.717, 1.165) is 6.26 Å². The monoisotopic (exact) mass is 445 g/mol. The van der Waals surface area contributed by atoms with Crippen LogP contribution in [0, 0.1) is 6.92 Å². The SMILES string of the molecule is CCOC(=O)CCNC(=O)Nc1nc(C)c(-c2ccc(Cl)c(S(C)(=O)=O)c2)s1. The lowest BCUT2D eigenvalue weighted by Gasteiger charge is -2.05. The van der Waals surface area contributed by atoms with Crippen LogP contribution < -0.4 is 10.6 Å². The maximum absolute atomic E-state index is 11.9. The number of carbonyl (C=O) groups is 2. The summed E-state index contributed by atoms with van der Waals surface area (Å²) in [6, 6.07) is 4.20. The Balaban J connectivity index is 2.09. The fourth-order valence-electron chi connectivity index (χ4n) is 2.30. The highest BCUT2D eigenvalue weighted by Gasteiger charge is 2.17. The summed E-state index contributed by atoms with van der Waals surface area (Å²) in [6.07, 6.45) is 1.16. The van der Waals surface area contributed by atoms with Crippen LogP contribution >= 0.6 is 22.9 Å². The topological polar surface area (TPSA) is 114 Å². The average Bonchev–Trinajstić information content (AvgIpc) is 2.94. The molecule has 1 aromatic heterocycles. The Bertz CT molecular complexity index is 989. The molecule has 0 atom stereocenters. The Morgan fingerprint density at radius 2 is 2.04 bits per heavy atom. The van der Waals surface area contributed by atoms with Crippen molar-refractivity contribution >= 4 is 49.9 Å². The summed E-state index contributed by atoms with van der Waals surface area (Å²) in [7, 11) is -3.48. The van der Waals surface area contributed by atoms with Crippen LogP contribution in [0.4, 0.5) is 9.93 Å². The number of esters is 1. The summed E-state index contributed by atoms with van der Waals surface area (Å²) in [5.74, 6) is -0.389. The highest BCUT2D eigenvalue weighted by Crippen LogP contribution is 2.35. The van der Waals surface area contributed by atoms with E-state index in [-0.39, 0.29) is 35.5 Å². The van der Waals surface area contributed by atoms with E-state index in [0.29, 0.717) is 21.3 Å². The molecular formula is C17H20ClN3O5S2. The largest absolute Gasteiger partial charge is 0.466 e. The highest BCUT2D eigenvalue weighted by molar-refractivity contribution is 7.90. The van der Waals surface area contributed by atoms with Crippen LogP contribution in [-0.2, 0) is 19.4 Å². The average molecular weight is 446 g/mol. The first-order valence-corrected chi connectivity index (χ1v) is 11.4. The van der Waals surface area contributed by atoms with E-state index in [2.05, 4.69) is 15.6 Å². The van der Waals surface area contributed by atoms with E-state index in [4.69, 9.17) is 16.3 Å². The molecule has 0 spiro atoms. The van der Waals surface area contributed by atoms with E-state index >= 15 is 0 Å². The number of benzene rings is 1. The van der Waals surface area contributed by atoms with Gasteiger partial charge >= 0.3 is 12.0 Å². The molecule has 0 saturated carbocycles. The van der Waals surface area contributed by atoms with Gasteiger partial charge in [0.1, 0.15) is 0 Å². The van der Waals surface area contributed by atoms with E-state index < -0.39 is 15.9 Å². The summed E-state index contributed by atoms with van der Waals surface area (Å²) in [5, 5.41) is 5.63. The van der Waals surface area contributed by atoms with Crippen molar-refractivity contribution in [2.75, 3.05) is 24.7 Å². The lowest BCUT2D eigenvalue weighted by molar-refractivity contribution is -0.142. The van der Waals surface area contributed by atoms with Crippen molar-refractivity contribution in [1.29, 1.82) is 0 Å². The molecule has 0 aliphatic heterocycles. The van der Waals surface area contributed by atoms with Crippen LogP contribution in [0.25, 0.3) is 10.4 Å². The smallest absolute Gasteiger partial charge is 0.321 e. The van der Waals surface area contributed by atoms with Crippen LogP contribution in [0.1, 0.15) is 19.0 Å². The number of thiazole rings is 1. The zero-order valence-corrected chi connectivity index (χ0v) is 17.9. The molecule has 1 aromatic carbocycles. The third kappa shape index (κ3) is 5.91. The molecule has 0 aliphatic carbocycles. The van der Waals surface area contributed by atoms with Crippen LogP contribution in [0.2, 0.25) is 5.02 Å². The number of nitrogens with zero attached hydrogens (tertiary/aromatic N) is 1. The molecule has 8 nitrogen and oxygen atoms in total. The van der Waals surface area contributed by atoms with Gasteiger partial charge < -0.3 is 10.1 Å². The van der Waals surface area contributed by atoms with Crippen molar-refractivity contribution < 1.29 is 22.7 Å². The fourth-order valence-corrected chi connectivity index (χ4v) is 4.56. The van der Waals surface area contributed by atoms with Gasteiger partial charge in [-0.2, -0.15) is 0 Å². The van der Waals surface area contributed by atoms with Crippen molar-refractivity contribution in [3.05, 3.63) is 28.9 Å². The van der Waals surface area contributed by atoms with Crippen LogP contribution in [0.15, 0.2) is 23.1 Å². The number of anilines is 1. The number of sulfone groups is 1. The molecule has 0 unspecified atom stereocenters. The molecule has 11 heteroatoms. The van der Waals surface area contributed by atoms with Gasteiger partial charge in [0, 0.05) is 12.8 Å². The minimum Gasteiger partial charge on any atom is -0.466 e. The molecular weight excluding hydrogens is 426 g/mol. The van der Waals surface area contributed by atoms with E-state index in [1.807, 2.05) is 0 Å².